The van der Waals surface area contributed by atoms with Crippen molar-refractivity contribution < 1.29 is 19.4 Å². The summed E-state index contributed by atoms with van der Waals surface area (Å²) in [5, 5.41) is 9.20. The minimum atomic E-state index is -1.10. The number of carboxylic acids is 1. The van der Waals surface area contributed by atoms with E-state index in [9.17, 15) is 9.59 Å². The molecule has 0 bridgehead atoms. The van der Waals surface area contributed by atoms with Gasteiger partial charge in [-0.3, -0.25) is 4.79 Å². The standard InChI is InChI=1S/C13H13ClO4/c1-2-18-11(15)8-4-6-9-5-3-7-10(14)12(9)13(16)17/h3-7H,2,8H2,1H3,(H,16,17). The maximum atomic E-state index is 11.1. The highest BCUT2D eigenvalue weighted by Gasteiger charge is 2.12. The van der Waals surface area contributed by atoms with Gasteiger partial charge in [0.15, 0.2) is 0 Å². The SMILES string of the molecule is CCOC(=O)CC=Cc1cccc(Cl)c1C(=O)O. The fraction of sp³-hybridized carbons (Fsp3) is 0.231. The van der Waals surface area contributed by atoms with Crippen molar-refractivity contribution in [1.29, 1.82) is 0 Å². The molecule has 0 saturated heterocycles. The summed E-state index contributed by atoms with van der Waals surface area (Å²) in [5.41, 5.74) is 0.485. The van der Waals surface area contributed by atoms with Crippen LogP contribution >= 0.6 is 11.6 Å². The number of aromatic carboxylic acids is 1. The van der Waals surface area contributed by atoms with Crippen LogP contribution in [0.5, 0.6) is 0 Å². The first kappa shape index (κ1) is 14.3. The molecule has 0 aliphatic heterocycles. The van der Waals surface area contributed by atoms with Crippen LogP contribution in [0.25, 0.3) is 6.08 Å². The zero-order chi connectivity index (χ0) is 13.5. The van der Waals surface area contributed by atoms with Gasteiger partial charge in [-0.1, -0.05) is 35.9 Å². The summed E-state index contributed by atoms with van der Waals surface area (Å²) in [7, 11) is 0. The van der Waals surface area contributed by atoms with Crippen LogP contribution in [0, 0.1) is 0 Å². The molecular formula is C13H13ClO4. The summed E-state index contributed by atoms with van der Waals surface area (Å²) in [6, 6.07) is 4.78. The molecule has 0 spiro atoms. The molecule has 5 heteroatoms. The number of hydrogen-bond acceptors (Lipinski definition) is 3. The Morgan fingerprint density at radius 1 is 1.44 bits per heavy atom. The molecule has 0 aromatic heterocycles. The van der Waals surface area contributed by atoms with E-state index in [0.29, 0.717) is 12.2 Å². The van der Waals surface area contributed by atoms with Gasteiger partial charge < -0.3 is 9.84 Å². The van der Waals surface area contributed by atoms with Crippen molar-refractivity contribution in [1.82, 2.24) is 0 Å². The zero-order valence-electron chi connectivity index (χ0n) is 9.85. The number of ether oxygens (including phenoxy) is 1. The maximum Gasteiger partial charge on any atom is 0.337 e. The number of hydrogen-bond donors (Lipinski definition) is 1. The Labute approximate surface area is 110 Å². The third kappa shape index (κ3) is 3.89. The summed E-state index contributed by atoms with van der Waals surface area (Å²) >= 11 is 5.81. The quantitative estimate of drug-likeness (QED) is 0.834. The minimum Gasteiger partial charge on any atom is -0.478 e. The fourth-order valence-corrected chi connectivity index (χ4v) is 1.67. The molecule has 4 nitrogen and oxygen atoms in total. The minimum absolute atomic E-state index is 0.0271. The average molecular weight is 269 g/mol. The van der Waals surface area contributed by atoms with E-state index in [1.807, 2.05) is 0 Å². The summed E-state index contributed by atoms with van der Waals surface area (Å²) in [6.45, 7) is 2.05. The molecule has 0 aliphatic carbocycles. The van der Waals surface area contributed by atoms with E-state index >= 15 is 0 Å². The van der Waals surface area contributed by atoms with Crippen molar-refractivity contribution in [3.63, 3.8) is 0 Å². The molecule has 96 valence electrons. The summed E-state index contributed by atoms with van der Waals surface area (Å²) < 4.78 is 4.75. The van der Waals surface area contributed by atoms with Gasteiger partial charge in [-0.2, -0.15) is 0 Å². The van der Waals surface area contributed by atoms with E-state index < -0.39 is 5.97 Å². The van der Waals surface area contributed by atoms with Gasteiger partial charge in [-0.15, -0.1) is 0 Å². The third-order valence-corrected chi connectivity index (χ3v) is 2.46. The second kappa shape index (κ2) is 6.81. The highest BCUT2D eigenvalue weighted by atomic mass is 35.5. The molecule has 1 rings (SSSR count). The lowest BCUT2D eigenvalue weighted by Crippen LogP contribution is -2.02. The van der Waals surface area contributed by atoms with Crippen LogP contribution in [-0.2, 0) is 9.53 Å². The summed E-state index contributed by atoms with van der Waals surface area (Å²) in [6.07, 6.45) is 3.20. The van der Waals surface area contributed by atoms with Crippen molar-refractivity contribution in [2.24, 2.45) is 0 Å². The van der Waals surface area contributed by atoms with Gasteiger partial charge in [0.1, 0.15) is 0 Å². The number of carboxylic acid groups (broad SMARTS) is 1. The zero-order valence-corrected chi connectivity index (χ0v) is 10.6. The molecule has 1 aromatic rings. The van der Waals surface area contributed by atoms with Crippen LogP contribution in [0.15, 0.2) is 24.3 Å². The Bertz CT molecular complexity index is 480. The van der Waals surface area contributed by atoms with Crippen molar-refractivity contribution in [3.05, 3.63) is 40.4 Å². The third-order valence-electron chi connectivity index (χ3n) is 2.15. The first-order chi connectivity index (χ1) is 8.56. The molecule has 0 amide bonds. The van der Waals surface area contributed by atoms with Gasteiger partial charge in [0.2, 0.25) is 0 Å². The maximum absolute atomic E-state index is 11.1. The molecule has 0 atom stereocenters. The molecule has 1 N–H and O–H groups in total. The molecule has 0 saturated carbocycles. The highest BCUT2D eigenvalue weighted by Crippen LogP contribution is 2.21. The molecule has 0 radical (unpaired) electrons. The summed E-state index contributed by atoms with van der Waals surface area (Å²) in [4.78, 5) is 22.1. The van der Waals surface area contributed by atoms with Gasteiger partial charge in [0.25, 0.3) is 0 Å². The number of esters is 1. The Balaban J connectivity index is 2.85. The van der Waals surface area contributed by atoms with Crippen molar-refractivity contribution in [2.45, 2.75) is 13.3 Å². The largest absolute Gasteiger partial charge is 0.478 e. The van der Waals surface area contributed by atoms with Gasteiger partial charge in [0, 0.05) is 0 Å². The normalized spacial score (nSPS) is 10.6. The second-order valence-electron chi connectivity index (χ2n) is 3.42. The predicted molar refractivity (Wildman–Crippen MR) is 68.7 cm³/mol. The van der Waals surface area contributed by atoms with Crippen LogP contribution < -0.4 is 0 Å². The first-order valence-electron chi connectivity index (χ1n) is 5.40. The van der Waals surface area contributed by atoms with E-state index in [4.69, 9.17) is 21.4 Å². The first-order valence-corrected chi connectivity index (χ1v) is 5.78. The van der Waals surface area contributed by atoms with Gasteiger partial charge >= 0.3 is 11.9 Å². The number of carbonyl (C=O) groups is 2. The van der Waals surface area contributed by atoms with Crippen LogP contribution in [0.1, 0.15) is 29.3 Å². The van der Waals surface area contributed by atoms with Crippen molar-refractivity contribution in [3.8, 4) is 0 Å². The smallest absolute Gasteiger partial charge is 0.337 e. The van der Waals surface area contributed by atoms with Crippen molar-refractivity contribution >= 4 is 29.6 Å². The molecule has 1 aromatic carbocycles. The van der Waals surface area contributed by atoms with Crippen LogP contribution in [0.4, 0.5) is 0 Å². The van der Waals surface area contributed by atoms with Crippen LogP contribution in [0.2, 0.25) is 5.02 Å². The van der Waals surface area contributed by atoms with E-state index in [0.717, 1.165) is 0 Å². The lowest BCUT2D eigenvalue weighted by atomic mass is 10.1. The number of benzene rings is 1. The summed E-state index contributed by atoms with van der Waals surface area (Å²) in [5.74, 6) is -1.45. The molecule has 0 fully saturated rings. The number of rotatable bonds is 5. The molecule has 0 unspecified atom stereocenters. The van der Waals surface area contributed by atoms with E-state index in [1.165, 1.54) is 6.07 Å². The van der Waals surface area contributed by atoms with Crippen molar-refractivity contribution in [2.75, 3.05) is 6.61 Å². The second-order valence-corrected chi connectivity index (χ2v) is 3.83. The lowest BCUT2D eigenvalue weighted by molar-refractivity contribution is -0.142. The van der Waals surface area contributed by atoms with Gasteiger partial charge in [-0.05, 0) is 18.6 Å². The topological polar surface area (TPSA) is 63.6 Å². The van der Waals surface area contributed by atoms with E-state index in [2.05, 4.69) is 0 Å². The molecule has 18 heavy (non-hydrogen) atoms. The Morgan fingerprint density at radius 2 is 2.17 bits per heavy atom. The molecule has 0 aliphatic rings. The van der Waals surface area contributed by atoms with Gasteiger partial charge in [0.05, 0.1) is 23.6 Å². The monoisotopic (exact) mass is 268 g/mol. The van der Waals surface area contributed by atoms with Crippen LogP contribution in [0.3, 0.4) is 0 Å². The molecular weight excluding hydrogens is 256 g/mol. The lowest BCUT2D eigenvalue weighted by Gasteiger charge is -2.03. The highest BCUT2D eigenvalue weighted by molar-refractivity contribution is 6.33. The van der Waals surface area contributed by atoms with Crippen LogP contribution in [-0.4, -0.2) is 23.7 Å². The number of halogens is 1. The van der Waals surface area contributed by atoms with E-state index in [1.54, 1.807) is 31.2 Å². The van der Waals surface area contributed by atoms with Gasteiger partial charge in [-0.25, -0.2) is 4.79 Å². The predicted octanol–water partition coefficient (Wildman–Crippen LogP) is 3.00. The average Bonchev–Trinajstić information content (AvgIpc) is 2.28. The Morgan fingerprint density at radius 3 is 2.78 bits per heavy atom. The number of carbonyl (C=O) groups excluding carboxylic acids is 1. The van der Waals surface area contributed by atoms with E-state index in [-0.39, 0.29) is 23.0 Å². The Hall–Kier alpha value is -1.81. The Kier molecular flexibility index (Phi) is 5.39. The fourth-order valence-electron chi connectivity index (χ4n) is 1.41. The molecule has 0 heterocycles.